The number of carbonyl (C=O) groups is 1. The van der Waals surface area contributed by atoms with Crippen LogP contribution in [0, 0.1) is 5.92 Å². The van der Waals surface area contributed by atoms with Gasteiger partial charge in [-0.05, 0) is 5.92 Å². The summed E-state index contributed by atoms with van der Waals surface area (Å²) in [6.45, 7) is 2.27. The van der Waals surface area contributed by atoms with Crippen molar-refractivity contribution in [3.63, 3.8) is 0 Å². The topological polar surface area (TPSA) is 55.8 Å². The second kappa shape index (κ2) is 5.53. The van der Waals surface area contributed by atoms with E-state index in [9.17, 15) is 31.1 Å². The third-order valence-corrected chi connectivity index (χ3v) is 2.27. The van der Waals surface area contributed by atoms with Crippen LogP contribution in [0.1, 0.15) is 20.8 Å². The molecule has 0 radical (unpaired) electrons. The van der Waals surface area contributed by atoms with Crippen molar-refractivity contribution in [3.8, 4) is 0 Å². The molecule has 0 bridgehead atoms. The van der Waals surface area contributed by atoms with Crippen LogP contribution in [0.5, 0.6) is 0 Å². The molecule has 1 atom stereocenters. The van der Waals surface area contributed by atoms with Crippen LogP contribution in [0.4, 0.5) is 26.3 Å². The molecule has 0 aromatic heterocycles. The summed E-state index contributed by atoms with van der Waals surface area (Å²) in [7, 11) is 0. The quantitative estimate of drug-likeness (QED) is 0.375. The number of hydrogen-bond acceptors (Lipinski definition) is 4. The lowest BCUT2D eigenvalue weighted by atomic mass is 9.87. The van der Waals surface area contributed by atoms with Crippen LogP contribution in [0.2, 0.25) is 0 Å². The molecule has 0 saturated heterocycles. The van der Waals surface area contributed by atoms with Crippen molar-refractivity contribution in [2.45, 2.75) is 44.8 Å². The molecule has 0 spiro atoms. The van der Waals surface area contributed by atoms with Gasteiger partial charge >= 0.3 is 23.9 Å². The number of halogens is 6. The molecule has 19 heavy (non-hydrogen) atoms. The van der Waals surface area contributed by atoms with Gasteiger partial charge in [0, 0.05) is 6.92 Å². The standard InChI is InChI=1S/C9H12F6O4/c1-4(2)6(19-17)7(8(10,11)12,9(13,14)15)18-5(3)16/h4,6,17H,1-3H3. The van der Waals surface area contributed by atoms with Crippen molar-refractivity contribution in [1.82, 2.24) is 0 Å². The van der Waals surface area contributed by atoms with Crippen LogP contribution in [0.15, 0.2) is 0 Å². The van der Waals surface area contributed by atoms with Crippen LogP contribution >= 0.6 is 0 Å². The Hall–Kier alpha value is -1.03. The molecule has 0 fully saturated rings. The maximum Gasteiger partial charge on any atom is 0.440 e. The van der Waals surface area contributed by atoms with Gasteiger partial charge in [-0.15, -0.1) is 0 Å². The Kier molecular flexibility index (Phi) is 5.23. The van der Waals surface area contributed by atoms with Gasteiger partial charge in [0.1, 0.15) is 0 Å². The number of ether oxygens (including phenoxy) is 1. The SMILES string of the molecule is CC(=O)OC(C(OO)C(C)C)(C(F)(F)F)C(F)(F)F. The molecule has 0 aromatic carbocycles. The van der Waals surface area contributed by atoms with E-state index in [4.69, 9.17) is 5.26 Å². The fraction of sp³-hybridized carbons (Fsp3) is 0.889. The molecule has 1 N–H and O–H groups in total. The minimum Gasteiger partial charge on any atom is -0.437 e. The van der Waals surface area contributed by atoms with Crippen molar-refractivity contribution >= 4 is 5.97 Å². The molecule has 0 aliphatic rings. The summed E-state index contributed by atoms with van der Waals surface area (Å²) in [4.78, 5) is 14.0. The van der Waals surface area contributed by atoms with Gasteiger partial charge in [-0.25, -0.2) is 4.89 Å². The number of rotatable bonds is 4. The summed E-state index contributed by atoms with van der Waals surface area (Å²) in [6.07, 6.45) is -14.9. The molecule has 0 saturated carbocycles. The molecule has 1 unspecified atom stereocenters. The normalized spacial score (nSPS) is 15.5. The average molecular weight is 298 g/mol. The summed E-state index contributed by atoms with van der Waals surface area (Å²) < 4.78 is 80.6. The highest BCUT2D eigenvalue weighted by atomic mass is 19.4. The first kappa shape index (κ1) is 18.0. The lowest BCUT2D eigenvalue weighted by Crippen LogP contribution is -2.68. The van der Waals surface area contributed by atoms with E-state index in [1.54, 1.807) is 0 Å². The monoisotopic (exact) mass is 298 g/mol. The molecular weight excluding hydrogens is 286 g/mol. The molecule has 0 aromatic rings. The zero-order chi connectivity index (χ0) is 15.6. The summed E-state index contributed by atoms with van der Waals surface area (Å²) in [5, 5.41) is 8.38. The average Bonchev–Trinajstić information content (AvgIpc) is 2.11. The second-order valence-corrected chi connectivity index (χ2v) is 4.09. The van der Waals surface area contributed by atoms with Crippen molar-refractivity contribution in [3.05, 3.63) is 0 Å². The highest BCUT2D eigenvalue weighted by Crippen LogP contribution is 2.50. The van der Waals surface area contributed by atoms with Crippen LogP contribution in [0.25, 0.3) is 0 Å². The Labute approximate surface area is 104 Å². The van der Waals surface area contributed by atoms with Crippen molar-refractivity contribution < 1.29 is 46.0 Å². The first-order chi connectivity index (χ1) is 8.31. The molecule has 4 nitrogen and oxygen atoms in total. The zero-order valence-electron chi connectivity index (χ0n) is 10.1. The number of carbonyl (C=O) groups excluding carboxylic acids is 1. The Morgan fingerprint density at radius 2 is 1.42 bits per heavy atom. The Balaban J connectivity index is 6.13. The van der Waals surface area contributed by atoms with Gasteiger partial charge < -0.3 is 4.74 Å². The third kappa shape index (κ3) is 3.30. The number of hydrogen-bond donors (Lipinski definition) is 1. The molecule has 0 amide bonds. The minimum absolute atomic E-state index is 0.390. The molecular formula is C9H12F6O4. The van der Waals surface area contributed by atoms with Crippen molar-refractivity contribution in [2.75, 3.05) is 0 Å². The van der Waals surface area contributed by atoms with Crippen LogP contribution in [-0.2, 0) is 14.4 Å². The molecule has 0 rings (SSSR count). The predicted octanol–water partition coefficient (Wildman–Crippen LogP) is 2.93. The van der Waals surface area contributed by atoms with Crippen LogP contribution in [0.3, 0.4) is 0 Å². The van der Waals surface area contributed by atoms with E-state index in [1.807, 2.05) is 0 Å². The fourth-order valence-electron chi connectivity index (χ4n) is 1.55. The predicted molar refractivity (Wildman–Crippen MR) is 48.9 cm³/mol. The first-order valence-electron chi connectivity index (χ1n) is 4.94. The van der Waals surface area contributed by atoms with E-state index >= 15 is 0 Å². The van der Waals surface area contributed by atoms with Gasteiger partial charge in [-0.3, -0.25) is 10.1 Å². The first-order valence-corrected chi connectivity index (χ1v) is 4.94. The summed E-state index contributed by atoms with van der Waals surface area (Å²) >= 11 is 0. The van der Waals surface area contributed by atoms with Crippen molar-refractivity contribution in [2.24, 2.45) is 5.92 Å². The highest BCUT2D eigenvalue weighted by Gasteiger charge is 2.79. The molecule has 0 aliphatic heterocycles. The van der Waals surface area contributed by atoms with E-state index in [1.165, 1.54) is 0 Å². The number of esters is 1. The van der Waals surface area contributed by atoms with Crippen LogP contribution in [-0.4, -0.2) is 35.3 Å². The maximum absolute atomic E-state index is 12.8. The Bertz CT molecular complexity index is 308. The lowest BCUT2D eigenvalue weighted by Gasteiger charge is -2.41. The van der Waals surface area contributed by atoms with Gasteiger partial charge in [0.15, 0.2) is 6.10 Å². The maximum atomic E-state index is 12.8. The van der Waals surface area contributed by atoms with E-state index in [0.717, 1.165) is 13.8 Å². The minimum atomic E-state index is -6.02. The van der Waals surface area contributed by atoms with Gasteiger partial charge in [0.2, 0.25) is 0 Å². The summed E-state index contributed by atoms with van der Waals surface area (Å²) in [5.74, 6) is -3.25. The fourth-order valence-corrected chi connectivity index (χ4v) is 1.55. The second-order valence-electron chi connectivity index (χ2n) is 4.09. The van der Waals surface area contributed by atoms with E-state index < -0.39 is 35.9 Å². The third-order valence-electron chi connectivity index (χ3n) is 2.27. The highest BCUT2D eigenvalue weighted by molar-refractivity contribution is 5.67. The number of alkyl halides is 6. The van der Waals surface area contributed by atoms with E-state index in [-0.39, 0.29) is 0 Å². The van der Waals surface area contributed by atoms with E-state index in [2.05, 4.69) is 9.62 Å². The van der Waals surface area contributed by atoms with Crippen molar-refractivity contribution in [1.29, 1.82) is 0 Å². The molecule has 114 valence electrons. The van der Waals surface area contributed by atoms with Crippen LogP contribution < -0.4 is 0 Å². The lowest BCUT2D eigenvalue weighted by molar-refractivity contribution is -0.435. The van der Waals surface area contributed by atoms with Gasteiger partial charge in [-0.1, -0.05) is 13.8 Å². The van der Waals surface area contributed by atoms with Gasteiger partial charge in [-0.2, -0.15) is 26.3 Å². The van der Waals surface area contributed by atoms with E-state index in [0.29, 0.717) is 6.92 Å². The largest absolute Gasteiger partial charge is 0.440 e. The molecule has 0 heterocycles. The smallest absolute Gasteiger partial charge is 0.437 e. The summed E-state index contributed by atoms with van der Waals surface area (Å²) in [6, 6.07) is 0. The molecule has 10 heteroatoms. The van der Waals surface area contributed by atoms with Gasteiger partial charge in [0.25, 0.3) is 0 Å². The van der Waals surface area contributed by atoms with Gasteiger partial charge in [0.05, 0.1) is 0 Å². The summed E-state index contributed by atoms with van der Waals surface area (Å²) in [5.41, 5.74) is -4.94. The zero-order valence-corrected chi connectivity index (χ0v) is 10.1. The molecule has 0 aliphatic carbocycles. The Morgan fingerprint density at radius 3 is 1.58 bits per heavy atom. The Morgan fingerprint density at radius 1 is 1.05 bits per heavy atom.